The van der Waals surface area contributed by atoms with E-state index in [0.29, 0.717) is 0 Å². The van der Waals surface area contributed by atoms with Crippen molar-refractivity contribution in [2.75, 3.05) is 6.54 Å². The Balaban J connectivity index is 1.98. The highest BCUT2D eigenvalue weighted by Gasteiger charge is 2.23. The zero-order valence-electron chi connectivity index (χ0n) is 10.7. The first-order chi connectivity index (χ1) is 7.66. The lowest BCUT2D eigenvalue weighted by molar-refractivity contribution is 0.551. The monoisotopic (exact) mass is 217 g/mol. The topological polar surface area (TPSA) is 12.0 Å². The van der Waals surface area contributed by atoms with Crippen LogP contribution in [0.25, 0.3) is 0 Å². The molecule has 0 amide bonds. The van der Waals surface area contributed by atoms with Crippen LogP contribution in [0.2, 0.25) is 0 Å². The minimum atomic E-state index is 0.729. The van der Waals surface area contributed by atoms with Crippen molar-refractivity contribution in [2.45, 2.75) is 46.1 Å². The minimum absolute atomic E-state index is 0.729. The summed E-state index contributed by atoms with van der Waals surface area (Å²) in [5, 5.41) is 3.53. The van der Waals surface area contributed by atoms with Crippen molar-refractivity contribution in [1.29, 1.82) is 0 Å². The number of hydrogen-bond acceptors (Lipinski definition) is 1. The number of nitrogens with one attached hydrogen (secondary N) is 1. The van der Waals surface area contributed by atoms with Gasteiger partial charge in [-0.3, -0.25) is 0 Å². The summed E-state index contributed by atoms with van der Waals surface area (Å²) in [5.74, 6) is 1.59. The van der Waals surface area contributed by atoms with Crippen LogP contribution in [0.4, 0.5) is 0 Å². The average molecular weight is 217 g/mol. The van der Waals surface area contributed by atoms with Crippen molar-refractivity contribution < 1.29 is 0 Å². The quantitative estimate of drug-likeness (QED) is 0.794. The first kappa shape index (κ1) is 11.7. The van der Waals surface area contributed by atoms with Crippen molar-refractivity contribution in [1.82, 2.24) is 5.32 Å². The van der Waals surface area contributed by atoms with Crippen LogP contribution in [0.1, 0.15) is 49.3 Å². The molecule has 1 heteroatoms. The summed E-state index contributed by atoms with van der Waals surface area (Å²) in [6, 6.07) is 6.99. The van der Waals surface area contributed by atoms with Gasteiger partial charge in [0.1, 0.15) is 0 Å². The SMILES string of the molecule is Cc1ccc(C2CC2)cc1CNCC(C)C. The molecule has 1 aromatic rings. The maximum absolute atomic E-state index is 3.53. The maximum atomic E-state index is 3.53. The Morgan fingerprint density at radius 1 is 1.31 bits per heavy atom. The molecule has 88 valence electrons. The lowest BCUT2D eigenvalue weighted by atomic mass is 10.0. The molecule has 1 nitrogen and oxygen atoms in total. The molecule has 0 saturated heterocycles. The van der Waals surface area contributed by atoms with Gasteiger partial charge in [-0.1, -0.05) is 32.0 Å². The van der Waals surface area contributed by atoms with Gasteiger partial charge in [-0.15, -0.1) is 0 Å². The predicted molar refractivity (Wildman–Crippen MR) is 69.7 cm³/mol. The molecule has 0 atom stereocenters. The molecule has 1 aliphatic rings. The highest BCUT2D eigenvalue weighted by molar-refractivity contribution is 5.34. The highest BCUT2D eigenvalue weighted by Crippen LogP contribution is 2.40. The molecule has 0 spiro atoms. The molecule has 1 aliphatic carbocycles. The third-order valence-electron chi connectivity index (χ3n) is 3.29. The Labute approximate surface area is 99.3 Å². The van der Waals surface area contributed by atoms with E-state index in [1.165, 1.54) is 24.0 Å². The number of rotatable bonds is 5. The molecule has 1 aromatic carbocycles. The van der Waals surface area contributed by atoms with Crippen molar-refractivity contribution in [3.8, 4) is 0 Å². The second-order valence-corrected chi connectivity index (χ2v) is 5.48. The average Bonchev–Trinajstić information content (AvgIpc) is 3.04. The van der Waals surface area contributed by atoms with E-state index in [2.05, 4.69) is 44.3 Å². The summed E-state index contributed by atoms with van der Waals surface area (Å²) in [6.07, 6.45) is 2.78. The number of hydrogen-bond donors (Lipinski definition) is 1. The Bertz CT molecular complexity index is 350. The summed E-state index contributed by atoms with van der Waals surface area (Å²) in [7, 11) is 0. The van der Waals surface area contributed by atoms with Gasteiger partial charge >= 0.3 is 0 Å². The van der Waals surface area contributed by atoms with E-state index in [9.17, 15) is 0 Å². The molecule has 0 radical (unpaired) electrons. The zero-order valence-corrected chi connectivity index (χ0v) is 10.7. The van der Waals surface area contributed by atoms with Gasteiger partial charge in [0, 0.05) is 6.54 Å². The van der Waals surface area contributed by atoms with Crippen LogP contribution in [0.5, 0.6) is 0 Å². The smallest absolute Gasteiger partial charge is 0.0208 e. The molecule has 0 bridgehead atoms. The van der Waals surface area contributed by atoms with Gasteiger partial charge in [-0.2, -0.15) is 0 Å². The first-order valence-electron chi connectivity index (χ1n) is 6.47. The first-order valence-corrected chi connectivity index (χ1v) is 6.47. The summed E-state index contributed by atoms with van der Waals surface area (Å²) < 4.78 is 0. The van der Waals surface area contributed by atoms with Crippen molar-refractivity contribution in [3.05, 3.63) is 34.9 Å². The summed E-state index contributed by atoms with van der Waals surface area (Å²) in [5.41, 5.74) is 4.44. The second kappa shape index (κ2) is 5.01. The van der Waals surface area contributed by atoms with Gasteiger partial charge in [0.15, 0.2) is 0 Å². The fourth-order valence-electron chi connectivity index (χ4n) is 2.05. The van der Waals surface area contributed by atoms with Crippen LogP contribution >= 0.6 is 0 Å². The van der Waals surface area contributed by atoms with Gasteiger partial charge < -0.3 is 5.32 Å². The molecule has 16 heavy (non-hydrogen) atoms. The molecule has 2 rings (SSSR count). The normalized spacial score (nSPS) is 15.8. The third-order valence-corrected chi connectivity index (χ3v) is 3.29. The highest BCUT2D eigenvalue weighted by atomic mass is 14.8. The number of aryl methyl sites for hydroxylation is 1. The molecule has 1 N–H and O–H groups in total. The lowest BCUT2D eigenvalue weighted by Crippen LogP contribution is -2.19. The zero-order chi connectivity index (χ0) is 11.5. The lowest BCUT2D eigenvalue weighted by Gasteiger charge is -2.11. The molecule has 0 aliphatic heterocycles. The van der Waals surface area contributed by atoms with Crippen molar-refractivity contribution in [3.63, 3.8) is 0 Å². The van der Waals surface area contributed by atoms with Gasteiger partial charge in [-0.05, 0) is 54.8 Å². The fourth-order valence-corrected chi connectivity index (χ4v) is 2.05. The van der Waals surface area contributed by atoms with Crippen molar-refractivity contribution in [2.24, 2.45) is 5.92 Å². The summed E-state index contributed by atoms with van der Waals surface area (Å²) in [4.78, 5) is 0. The van der Waals surface area contributed by atoms with E-state index in [-0.39, 0.29) is 0 Å². The van der Waals surface area contributed by atoms with E-state index in [0.717, 1.165) is 24.9 Å². The second-order valence-electron chi connectivity index (χ2n) is 5.48. The number of benzene rings is 1. The summed E-state index contributed by atoms with van der Waals surface area (Å²) in [6.45, 7) is 8.84. The van der Waals surface area contributed by atoms with Crippen LogP contribution in [0.3, 0.4) is 0 Å². The van der Waals surface area contributed by atoms with Crippen LogP contribution < -0.4 is 5.32 Å². The van der Waals surface area contributed by atoms with Crippen LogP contribution in [-0.4, -0.2) is 6.54 Å². The van der Waals surface area contributed by atoms with Crippen LogP contribution in [0, 0.1) is 12.8 Å². The molecule has 0 unspecified atom stereocenters. The standard InChI is InChI=1S/C15H23N/c1-11(2)9-16-10-15-8-14(13-6-7-13)5-4-12(15)3/h4-5,8,11,13,16H,6-7,9-10H2,1-3H3. The van der Waals surface area contributed by atoms with Crippen LogP contribution in [-0.2, 0) is 6.54 Å². The largest absolute Gasteiger partial charge is 0.312 e. The molecule has 0 heterocycles. The minimum Gasteiger partial charge on any atom is -0.312 e. The van der Waals surface area contributed by atoms with Gasteiger partial charge in [0.2, 0.25) is 0 Å². The summed E-state index contributed by atoms with van der Waals surface area (Å²) >= 11 is 0. The Hall–Kier alpha value is -0.820. The van der Waals surface area contributed by atoms with E-state index < -0.39 is 0 Å². The Morgan fingerprint density at radius 2 is 2.06 bits per heavy atom. The third kappa shape index (κ3) is 3.08. The molecule has 1 saturated carbocycles. The van der Waals surface area contributed by atoms with E-state index in [4.69, 9.17) is 0 Å². The van der Waals surface area contributed by atoms with E-state index in [1.54, 1.807) is 5.56 Å². The van der Waals surface area contributed by atoms with Gasteiger partial charge in [0.05, 0.1) is 0 Å². The van der Waals surface area contributed by atoms with Gasteiger partial charge in [-0.25, -0.2) is 0 Å². The van der Waals surface area contributed by atoms with E-state index in [1.807, 2.05) is 0 Å². The fraction of sp³-hybridized carbons (Fsp3) is 0.600. The molecule has 1 fully saturated rings. The molecular weight excluding hydrogens is 194 g/mol. The Morgan fingerprint density at radius 3 is 2.69 bits per heavy atom. The molecule has 0 aromatic heterocycles. The molecular formula is C15H23N. The Kier molecular flexibility index (Phi) is 3.65. The van der Waals surface area contributed by atoms with Crippen LogP contribution in [0.15, 0.2) is 18.2 Å². The predicted octanol–water partition coefficient (Wildman–Crippen LogP) is 3.62. The van der Waals surface area contributed by atoms with Gasteiger partial charge in [0.25, 0.3) is 0 Å². The van der Waals surface area contributed by atoms with E-state index >= 15 is 0 Å². The van der Waals surface area contributed by atoms with Crippen molar-refractivity contribution >= 4 is 0 Å². The maximum Gasteiger partial charge on any atom is 0.0208 e.